The molecule has 96 valence electrons. The third-order valence-corrected chi connectivity index (χ3v) is 4.02. The Bertz CT molecular complexity index is 447. The maximum Gasteiger partial charge on any atom is 0.101 e. The molecule has 2 rings (SSSR count). The van der Waals surface area contributed by atoms with Crippen LogP contribution in [-0.4, -0.2) is 19.1 Å². The summed E-state index contributed by atoms with van der Waals surface area (Å²) in [7, 11) is 0. The highest BCUT2D eigenvalue weighted by Gasteiger charge is 2.20. The molecule has 2 unspecified atom stereocenters. The zero-order valence-corrected chi connectivity index (χ0v) is 12.1. The number of nitrogens with zero attached hydrogens (tertiary/aromatic N) is 1. The molecule has 0 radical (unpaired) electrons. The van der Waals surface area contributed by atoms with Gasteiger partial charge in [-0.2, -0.15) is 5.26 Å². The second-order valence-corrected chi connectivity index (χ2v) is 5.76. The number of hydrogen-bond acceptors (Lipinski definition) is 3. The van der Waals surface area contributed by atoms with E-state index in [2.05, 4.69) is 39.6 Å². The van der Waals surface area contributed by atoms with E-state index in [0.29, 0.717) is 17.5 Å². The Morgan fingerprint density at radius 1 is 1.56 bits per heavy atom. The third-order valence-electron chi connectivity index (χ3n) is 3.53. The lowest BCUT2D eigenvalue weighted by molar-refractivity contribution is 0.347. The van der Waals surface area contributed by atoms with Crippen LogP contribution >= 0.6 is 15.9 Å². The van der Waals surface area contributed by atoms with Gasteiger partial charge in [-0.05, 0) is 57.0 Å². The Morgan fingerprint density at radius 3 is 3.06 bits per heavy atom. The molecule has 0 aromatic heterocycles. The minimum absolute atomic E-state index is 0.374. The van der Waals surface area contributed by atoms with Crippen molar-refractivity contribution < 1.29 is 0 Å². The topological polar surface area (TPSA) is 47.9 Å². The molecule has 0 saturated carbocycles. The van der Waals surface area contributed by atoms with E-state index in [9.17, 15) is 0 Å². The van der Waals surface area contributed by atoms with Crippen LogP contribution in [0.3, 0.4) is 0 Å². The van der Waals surface area contributed by atoms with Crippen molar-refractivity contribution in [1.82, 2.24) is 5.32 Å². The van der Waals surface area contributed by atoms with Gasteiger partial charge in [0, 0.05) is 10.5 Å². The van der Waals surface area contributed by atoms with Crippen molar-refractivity contribution in [2.75, 3.05) is 18.4 Å². The van der Waals surface area contributed by atoms with E-state index in [4.69, 9.17) is 5.26 Å². The summed E-state index contributed by atoms with van der Waals surface area (Å²) in [5.41, 5.74) is 1.62. The summed E-state index contributed by atoms with van der Waals surface area (Å²) in [5.74, 6) is 0.629. The van der Waals surface area contributed by atoms with Crippen molar-refractivity contribution in [2.45, 2.75) is 25.8 Å². The molecular weight excluding hydrogens is 290 g/mol. The number of nitriles is 1. The van der Waals surface area contributed by atoms with Gasteiger partial charge in [-0.15, -0.1) is 0 Å². The van der Waals surface area contributed by atoms with E-state index < -0.39 is 0 Å². The Labute approximate surface area is 117 Å². The molecule has 0 amide bonds. The number of halogens is 1. The zero-order valence-electron chi connectivity index (χ0n) is 10.5. The highest BCUT2D eigenvalue weighted by atomic mass is 79.9. The smallest absolute Gasteiger partial charge is 0.101 e. The van der Waals surface area contributed by atoms with Crippen LogP contribution in [0, 0.1) is 17.2 Å². The summed E-state index contributed by atoms with van der Waals surface area (Å²) in [4.78, 5) is 0. The van der Waals surface area contributed by atoms with Crippen LogP contribution in [0.15, 0.2) is 22.7 Å². The Balaban J connectivity index is 2.08. The molecule has 4 heteroatoms. The Kier molecular flexibility index (Phi) is 4.62. The lowest BCUT2D eigenvalue weighted by Gasteiger charge is -2.29. The lowest BCUT2D eigenvalue weighted by atomic mass is 9.92. The van der Waals surface area contributed by atoms with Gasteiger partial charge in [-0.25, -0.2) is 0 Å². The monoisotopic (exact) mass is 307 g/mol. The molecule has 0 bridgehead atoms. The lowest BCUT2D eigenvalue weighted by Crippen LogP contribution is -2.38. The molecule has 1 heterocycles. The predicted octanol–water partition coefficient (Wildman–Crippen LogP) is 3.12. The van der Waals surface area contributed by atoms with Crippen LogP contribution in [0.2, 0.25) is 0 Å². The van der Waals surface area contributed by atoms with Gasteiger partial charge in [-0.1, -0.05) is 15.9 Å². The van der Waals surface area contributed by atoms with Gasteiger partial charge in [-0.3, -0.25) is 0 Å². The van der Waals surface area contributed by atoms with Gasteiger partial charge in [0.15, 0.2) is 0 Å². The molecule has 2 atom stereocenters. The van der Waals surface area contributed by atoms with Gasteiger partial charge in [0.1, 0.15) is 6.07 Å². The van der Waals surface area contributed by atoms with Crippen LogP contribution in [-0.2, 0) is 0 Å². The van der Waals surface area contributed by atoms with E-state index in [1.54, 1.807) is 0 Å². The van der Waals surface area contributed by atoms with E-state index in [-0.39, 0.29) is 0 Å². The first kappa shape index (κ1) is 13.4. The first-order valence-electron chi connectivity index (χ1n) is 6.37. The molecule has 2 N–H and O–H groups in total. The summed E-state index contributed by atoms with van der Waals surface area (Å²) in [6.45, 7) is 4.38. The molecule has 1 aromatic rings. The van der Waals surface area contributed by atoms with Crippen LogP contribution < -0.4 is 10.6 Å². The van der Waals surface area contributed by atoms with Crippen molar-refractivity contribution in [2.24, 2.45) is 5.92 Å². The fraction of sp³-hybridized carbons (Fsp3) is 0.500. The van der Waals surface area contributed by atoms with Crippen molar-refractivity contribution >= 4 is 21.6 Å². The van der Waals surface area contributed by atoms with Crippen LogP contribution in [0.25, 0.3) is 0 Å². The number of nitrogens with one attached hydrogen (secondary N) is 2. The molecule has 1 aromatic carbocycles. The van der Waals surface area contributed by atoms with Crippen molar-refractivity contribution in [1.29, 1.82) is 5.26 Å². The predicted molar refractivity (Wildman–Crippen MR) is 77.5 cm³/mol. The highest BCUT2D eigenvalue weighted by Crippen LogP contribution is 2.24. The Hall–Kier alpha value is -1.05. The largest absolute Gasteiger partial charge is 0.381 e. The van der Waals surface area contributed by atoms with E-state index in [1.165, 1.54) is 12.8 Å². The normalized spacial score (nSPS) is 21.1. The number of rotatable bonds is 3. The molecule has 1 saturated heterocycles. The molecular formula is C14H18BrN3. The van der Waals surface area contributed by atoms with Crippen LogP contribution in [0.4, 0.5) is 5.69 Å². The molecule has 0 aliphatic carbocycles. The van der Waals surface area contributed by atoms with Crippen LogP contribution in [0.5, 0.6) is 0 Å². The summed E-state index contributed by atoms with van der Waals surface area (Å²) in [6, 6.07) is 8.33. The summed E-state index contributed by atoms with van der Waals surface area (Å²) >= 11 is 3.45. The summed E-state index contributed by atoms with van der Waals surface area (Å²) < 4.78 is 0.998. The third kappa shape index (κ3) is 3.24. The first-order valence-corrected chi connectivity index (χ1v) is 7.17. The maximum absolute atomic E-state index is 9.11. The second kappa shape index (κ2) is 6.21. The number of benzene rings is 1. The first-order chi connectivity index (χ1) is 8.70. The van der Waals surface area contributed by atoms with Gasteiger partial charge in [0.2, 0.25) is 0 Å². The standard InChI is InChI=1S/C14H18BrN3/c1-10(12-3-2-6-17-9-12)18-14-7-13(15)5-4-11(14)8-16/h4-5,7,10,12,17-18H,2-3,6,9H2,1H3. The zero-order chi connectivity index (χ0) is 13.0. The highest BCUT2D eigenvalue weighted by molar-refractivity contribution is 9.10. The average Bonchev–Trinajstić information content (AvgIpc) is 2.40. The molecule has 0 spiro atoms. The van der Waals surface area contributed by atoms with Crippen LogP contribution in [0.1, 0.15) is 25.3 Å². The van der Waals surface area contributed by atoms with Gasteiger partial charge in [0.05, 0.1) is 11.3 Å². The summed E-state index contributed by atoms with van der Waals surface area (Å²) in [6.07, 6.45) is 2.48. The van der Waals surface area contributed by atoms with Crippen molar-refractivity contribution in [3.8, 4) is 6.07 Å². The number of hydrogen-bond donors (Lipinski definition) is 2. The molecule has 3 nitrogen and oxygen atoms in total. The van der Waals surface area contributed by atoms with E-state index >= 15 is 0 Å². The quantitative estimate of drug-likeness (QED) is 0.902. The molecule has 18 heavy (non-hydrogen) atoms. The van der Waals surface area contributed by atoms with Crippen molar-refractivity contribution in [3.63, 3.8) is 0 Å². The molecule has 1 aliphatic rings. The average molecular weight is 308 g/mol. The fourth-order valence-corrected chi connectivity index (χ4v) is 2.76. The van der Waals surface area contributed by atoms with Crippen molar-refractivity contribution in [3.05, 3.63) is 28.2 Å². The number of piperidine rings is 1. The minimum atomic E-state index is 0.374. The summed E-state index contributed by atoms with van der Waals surface area (Å²) in [5, 5.41) is 16.0. The fourth-order valence-electron chi connectivity index (χ4n) is 2.40. The van der Waals surface area contributed by atoms with Gasteiger partial charge >= 0.3 is 0 Å². The molecule has 1 fully saturated rings. The second-order valence-electron chi connectivity index (χ2n) is 4.84. The van der Waals surface area contributed by atoms with E-state index in [1.807, 2.05) is 18.2 Å². The van der Waals surface area contributed by atoms with E-state index in [0.717, 1.165) is 23.2 Å². The van der Waals surface area contributed by atoms with Gasteiger partial charge < -0.3 is 10.6 Å². The molecule has 1 aliphatic heterocycles. The maximum atomic E-state index is 9.11. The Morgan fingerprint density at radius 2 is 2.39 bits per heavy atom. The number of anilines is 1. The van der Waals surface area contributed by atoms with Gasteiger partial charge in [0.25, 0.3) is 0 Å². The minimum Gasteiger partial charge on any atom is -0.381 e. The SMILES string of the molecule is CC(Nc1cc(Br)ccc1C#N)C1CCCNC1.